The summed E-state index contributed by atoms with van der Waals surface area (Å²) in [7, 11) is 1.72. The first-order valence-electron chi connectivity index (χ1n) is 5.01. The van der Waals surface area contributed by atoms with Crippen LogP contribution < -0.4 is 5.56 Å². The Labute approximate surface area is 106 Å². The van der Waals surface area contributed by atoms with Crippen molar-refractivity contribution in [2.45, 2.75) is 5.16 Å². The van der Waals surface area contributed by atoms with Gasteiger partial charge in [-0.05, 0) is 6.07 Å². The number of pyridine rings is 1. The van der Waals surface area contributed by atoms with Gasteiger partial charge in [-0.15, -0.1) is 10.2 Å². The zero-order valence-corrected chi connectivity index (χ0v) is 10.3. The van der Waals surface area contributed by atoms with E-state index < -0.39 is 5.97 Å². The summed E-state index contributed by atoms with van der Waals surface area (Å²) >= 11 is 1.08. The Balaban J connectivity index is 2.30. The molecule has 0 aliphatic heterocycles. The fourth-order valence-electron chi connectivity index (χ4n) is 1.40. The minimum atomic E-state index is -0.916. The maximum atomic E-state index is 11.2. The van der Waals surface area contributed by atoms with Gasteiger partial charge in [0.25, 0.3) is 0 Å². The van der Waals surface area contributed by atoms with Crippen molar-refractivity contribution in [1.82, 2.24) is 19.7 Å². The van der Waals surface area contributed by atoms with Gasteiger partial charge in [-0.3, -0.25) is 9.59 Å². The molecule has 8 heteroatoms. The summed E-state index contributed by atoms with van der Waals surface area (Å²) in [6, 6.07) is 3.12. The lowest BCUT2D eigenvalue weighted by Gasteiger charge is -2.02. The molecule has 7 nitrogen and oxygen atoms in total. The van der Waals surface area contributed by atoms with Gasteiger partial charge in [0.2, 0.25) is 5.56 Å². The standard InChI is InChI=1S/C10H10N4O3S/c1-14-9(6-2-3-11-7(15)4-6)12-13-10(14)18-5-8(16)17/h2-4H,5H2,1H3,(H,11,15)(H,16,17). The fraction of sp³-hybridized carbons (Fsp3) is 0.200. The number of aromatic nitrogens is 4. The molecule has 2 aromatic heterocycles. The van der Waals surface area contributed by atoms with E-state index in [1.54, 1.807) is 17.7 Å². The van der Waals surface area contributed by atoms with Crippen LogP contribution in [-0.4, -0.2) is 36.6 Å². The maximum absolute atomic E-state index is 11.2. The lowest BCUT2D eigenvalue weighted by molar-refractivity contribution is -0.133. The average Bonchev–Trinajstić information content (AvgIpc) is 2.68. The Bertz CT molecular complexity index is 634. The minimum absolute atomic E-state index is 0.0820. The SMILES string of the molecule is Cn1c(SCC(=O)O)nnc1-c1cc[nH]c(=O)c1. The van der Waals surface area contributed by atoms with Crippen molar-refractivity contribution >= 4 is 17.7 Å². The molecule has 0 fully saturated rings. The molecule has 0 aromatic carbocycles. The predicted molar refractivity (Wildman–Crippen MR) is 65.4 cm³/mol. The molecule has 0 aliphatic carbocycles. The summed E-state index contributed by atoms with van der Waals surface area (Å²) in [5.41, 5.74) is 0.408. The van der Waals surface area contributed by atoms with Crippen LogP contribution in [0.15, 0.2) is 28.3 Å². The molecule has 0 unspecified atom stereocenters. The second-order valence-electron chi connectivity index (χ2n) is 3.49. The molecule has 2 aromatic rings. The number of nitrogens with one attached hydrogen (secondary N) is 1. The van der Waals surface area contributed by atoms with E-state index in [1.807, 2.05) is 0 Å². The maximum Gasteiger partial charge on any atom is 0.313 e. The van der Waals surface area contributed by atoms with E-state index in [2.05, 4.69) is 15.2 Å². The highest BCUT2D eigenvalue weighted by molar-refractivity contribution is 7.99. The third kappa shape index (κ3) is 2.59. The first-order valence-corrected chi connectivity index (χ1v) is 5.99. The van der Waals surface area contributed by atoms with Crippen LogP contribution in [0.25, 0.3) is 11.4 Å². The Hall–Kier alpha value is -2.09. The molecule has 0 radical (unpaired) electrons. The molecule has 0 amide bonds. The van der Waals surface area contributed by atoms with E-state index in [4.69, 9.17) is 5.11 Å². The van der Waals surface area contributed by atoms with Gasteiger partial charge in [-0.1, -0.05) is 11.8 Å². The number of nitrogens with zero attached hydrogens (tertiary/aromatic N) is 3. The highest BCUT2D eigenvalue weighted by Crippen LogP contribution is 2.21. The third-order valence-corrected chi connectivity index (χ3v) is 3.20. The first kappa shape index (κ1) is 12.4. The Morgan fingerprint density at radius 1 is 1.56 bits per heavy atom. The summed E-state index contributed by atoms with van der Waals surface area (Å²) in [6.45, 7) is 0. The van der Waals surface area contributed by atoms with Gasteiger partial charge in [0.1, 0.15) is 0 Å². The number of thioether (sulfide) groups is 1. The van der Waals surface area contributed by atoms with Crippen LogP contribution in [0.3, 0.4) is 0 Å². The topological polar surface area (TPSA) is 101 Å². The van der Waals surface area contributed by atoms with E-state index in [-0.39, 0.29) is 11.3 Å². The monoisotopic (exact) mass is 266 g/mol. The fourth-order valence-corrected chi connectivity index (χ4v) is 2.03. The molecule has 0 atom stereocenters. The van der Waals surface area contributed by atoms with Crippen molar-refractivity contribution in [3.63, 3.8) is 0 Å². The van der Waals surface area contributed by atoms with Crippen LogP contribution in [0.4, 0.5) is 0 Å². The van der Waals surface area contributed by atoms with Crippen LogP contribution in [0.2, 0.25) is 0 Å². The number of rotatable bonds is 4. The van der Waals surface area contributed by atoms with Crippen LogP contribution in [0.1, 0.15) is 0 Å². The average molecular weight is 266 g/mol. The van der Waals surface area contributed by atoms with Gasteiger partial charge in [0, 0.05) is 24.9 Å². The molecular weight excluding hydrogens is 256 g/mol. The van der Waals surface area contributed by atoms with Crippen molar-refractivity contribution in [2.75, 3.05) is 5.75 Å². The number of aromatic amines is 1. The van der Waals surface area contributed by atoms with Crippen molar-refractivity contribution in [2.24, 2.45) is 7.05 Å². The number of carbonyl (C=O) groups is 1. The highest BCUT2D eigenvalue weighted by Gasteiger charge is 2.12. The van der Waals surface area contributed by atoms with E-state index in [1.165, 1.54) is 12.3 Å². The number of aliphatic carboxylic acids is 1. The number of carboxylic acid groups (broad SMARTS) is 1. The summed E-state index contributed by atoms with van der Waals surface area (Å²) < 4.78 is 1.66. The van der Waals surface area contributed by atoms with Gasteiger partial charge in [0.15, 0.2) is 11.0 Å². The van der Waals surface area contributed by atoms with Crippen LogP contribution >= 0.6 is 11.8 Å². The minimum Gasteiger partial charge on any atom is -0.481 e. The largest absolute Gasteiger partial charge is 0.481 e. The Kier molecular flexibility index (Phi) is 3.47. The Morgan fingerprint density at radius 2 is 2.33 bits per heavy atom. The highest BCUT2D eigenvalue weighted by atomic mass is 32.2. The van der Waals surface area contributed by atoms with Crippen molar-refractivity contribution in [3.8, 4) is 11.4 Å². The van der Waals surface area contributed by atoms with Gasteiger partial charge < -0.3 is 14.7 Å². The summed E-state index contributed by atoms with van der Waals surface area (Å²) in [5, 5.41) is 16.9. The van der Waals surface area contributed by atoms with E-state index >= 15 is 0 Å². The molecule has 2 heterocycles. The summed E-state index contributed by atoms with van der Waals surface area (Å²) in [6.07, 6.45) is 1.52. The zero-order chi connectivity index (χ0) is 13.1. The molecule has 2 N–H and O–H groups in total. The van der Waals surface area contributed by atoms with E-state index in [9.17, 15) is 9.59 Å². The van der Waals surface area contributed by atoms with Crippen LogP contribution in [0.5, 0.6) is 0 Å². The number of carboxylic acids is 1. The molecular formula is C10H10N4O3S. The van der Waals surface area contributed by atoms with Gasteiger partial charge >= 0.3 is 5.97 Å². The first-order chi connectivity index (χ1) is 8.58. The third-order valence-electron chi connectivity index (χ3n) is 2.19. The molecule has 2 rings (SSSR count). The number of hydrogen-bond acceptors (Lipinski definition) is 5. The van der Waals surface area contributed by atoms with E-state index in [0.717, 1.165) is 11.8 Å². The van der Waals surface area contributed by atoms with E-state index in [0.29, 0.717) is 16.5 Å². The van der Waals surface area contributed by atoms with Gasteiger partial charge in [0.05, 0.1) is 5.75 Å². The quantitative estimate of drug-likeness (QED) is 0.774. The second kappa shape index (κ2) is 5.05. The van der Waals surface area contributed by atoms with Gasteiger partial charge in [-0.2, -0.15) is 0 Å². The molecule has 0 bridgehead atoms. The lowest BCUT2D eigenvalue weighted by atomic mass is 10.2. The predicted octanol–water partition coefficient (Wildman–Crippen LogP) is 0.347. The van der Waals surface area contributed by atoms with Crippen LogP contribution in [0, 0.1) is 0 Å². The molecule has 0 spiro atoms. The second-order valence-corrected chi connectivity index (χ2v) is 4.43. The van der Waals surface area contributed by atoms with Gasteiger partial charge in [-0.25, -0.2) is 0 Å². The van der Waals surface area contributed by atoms with Crippen molar-refractivity contribution in [1.29, 1.82) is 0 Å². The molecule has 0 saturated heterocycles. The van der Waals surface area contributed by atoms with Crippen molar-refractivity contribution < 1.29 is 9.90 Å². The molecule has 0 aliphatic rings. The Morgan fingerprint density at radius 3 is 3.00 bits per heavy atom. The van der Waals surface area contributed by atoms with Crippen LogP contribution in [-0.2, 0) is 11.8 Å². The number of H-pyrrole nitrogens is 1. The zero-order valence-electron chi connectivity index (χ0n) is 9.45. The molecule has 18 heavy (non-hydrogen) atoms. The molecule has 94 valence electrons. The molecule has 0 saturated carbocycles. The summed E-state index contributed by atoms with van der Waals surface area (Å²) in [5.74, 6) is -0.476. The number of hydrogen-bond donors (Lipinski definition) is 2. The smallest absolute Gasteiger partial charge is 0.313 e. The summed E-state index contributed by atoms with van der Waals surface area (Å²) in [4.78, 5) is 24.2. The van der Waals surface area contributed by atoms with Crippen molar-refractivity contribution in [3.05, 3.63) is 28.7 Å². The normalized spacial score (nSPS) is 10.5. The lowest BCUT2D eigenvalue weighted by Crippen LogP contribution is -2.04.